The molecule has 2 aromatic rings. The summed E-state index contributed by atoms with van der Waals surface area (Å²) in [5, 5.41) is 8.24. The van der Waals surface area contributed by atoms with Crippen LogP contribution in [0.5, 0.6) is 0 Å². The molecule has 120 valence electrons. The molecule has 1 aliphatic rings. The monoisotopic (exact) mass is 321 g/mol. The summed E-state index contributed by atoms with van der Waals surface area (Å²) in [5.41, 5.74) is -1.91. The van der Waals surface area contributed by atoms with Crippen molar-refractivity contribution in [2.75, 3.05) is 10.6 Å². The van der Waals surface area contributed by atoms with Crippen LogP contribution < -0.4 is 10.6 Å². The maximum absolute atomic E-state index is 13.6. The zero-order valence-corrected chi connectivity index (χ0v) is 12.2. The lowest BCUT2D eigenvalue weighted by Gasteiger charge is -2.15. The van der Waals surface area contributed by atoms with Crippen LogP contribution in [0.4, 0.5) is 20.3 Å². The van der Waals surface area contributed by atoms with Gasteiger partial charge >= 0.3 is 0 Å². The van der Waals surface area contributed by atoms with E-state index in [2.05, 4.69) is 15.8 Å². The van der Waals surface area contributed by atoms with Crippen LogP contribution in [-0.4, -0.2) is 17.0 Å². The summed E-state index contributed by atoms with van der Waals surface area (Å²) in [6, 6.07) is 4.74. The number of aromatic nitrogens is 1. The molecule has 8 heteroatoms. The lowest BCUT2D eigenvalue weighted by atomic mass is 10.0. The molecule has 2 N–H and O–H groups in total. The van der Waals surface area contributed by atoms with E-state index in [4.69, 9.17) is 4.52 Å². The van der Waals surface area contributed by atoms with Gasteiger partial charge in [0.2, 0.25) is 11.8 Å². The first-order chi connectivity index (χ1) is 10.9. The molecule has 1 heterocycles. The summed E-state index contributed by atoms with van der Waals surface area (Å²) in [6.07, 6.45) is 0.579. The number of rotatable bonds is 4. The van der Waals surface area contributed by atoms with Gasteiger partial charge in [-0.1, -0.05) is 11.2 Å². The average molecular weight is 321 g/mol. The Morgan fingerprint density at radius 2 is 1.78 bits per heavy atom. The SMILES string of the molecule is Cc1cc(NC(=O)C2(C(=O)Nc3c(F)cccc3F)CC2)no1. The van der Waals surface area contributed by atoms with E-state index >= 15 is 0 Å². The van der Waals surface area contributed by atoms with E-state index in [0.29, 0.717) is 5.76 Å². The third kappa shape index (κ3) is 2.79. The Balaban J connectivity index is 1.75. The fourth-order valence-corrected chi connectivity index (χ4v) is 2.19. The Hall–Kier alpha value is -2.77. The van der Waals surface area contributed by atoms with Gasteiger partial charge in [-0.2, -0.15) is 0 Å². The first kappa shape index (κ1) is 15.1. The number of aryl methyl sites for hydroxylation is 1. The molecule has 0 bridgehead atoms. The molecule has 1 aromatic heterocycles. The number of nitrogens with one attached hydrogen (secondary N) is 2. The largest absolute Gasteiger partial charge is 0.360 e. The van der Waals surface area contributed by atoms with Crippen LogP contribution in [-0.2, 0) is 9.59 Å². The number of para-hydroxylation sites is 1. The minimum atomic E-state index is -1.35. The van der Waals surface area contributed by atoms with E-state index in [-0.39, 0.29) is 18.7 Å². The number of amides is 2. The van der Waals surface area contributed by atoms with Crippen LogP contribution in [0, 0.1) is 24.0 Å². The quantitative estimate of drug-likeness (QED) is 0.848. The second-order valence-electron chi connectivity index (χ2n) is 5.41. The molecule has 1 aromatic carbocycles. The third-order valence-corrected chi connectivity index (χ3v) is 3.69. The molecule has 2 amide bonds. The smallest absolute Gasteiger partial charge is 0.241 e. The van der Waals surface area contributed by atoms with Crippen molar-refractivity contribution in [2.45, 2.75) is 19.8 Å². The molecule has 0 saturated heterocycles. The molecule has 1 aliphatic carbocycles. The maximum atomic E-state index is 13.6. The first-order valence-electron chi connectivity index (χ1n) is 6.92. The van der Waals surface area contributed by atoms with Crippen LogP contribution in [0.2, 0.25) is 0 Å². The fraction of sp³-hybridized carbons (Fsp3) is 0.267. The molecular formula is C15H13F2N3O3. The van der Waals surface area contributed by atoms with Gasteiger partial charge < -0.3 is 15.2 Å². The van der Waals surface area contributed by atoms with Crippen molar-refractivity contribution in [1.82, 2.24) is 5.16 Å². The molecule has 3 rings (SSSR count). The number of carbonyl (C=O) groups is 2. The van der Waals surface area contributed by atoms with Gasteiger partial charge in [0.1, 0.15) is 28.5 Å². The topological polar surface area (TPSA) is 84.2 Å². The number of benzene rings is 1. The number of hydrogen-bond donors (Lipinski definition) is 2. The summed E-state index contributed by atoms with van der Waals surface area (Å²) in [6.45, 7) is 1.66. The van der Waals surface area contributed by atoms with Crippen LogP contribution >= 0.6 is 0 Å². The highest BCUT2D eigenvalue weighted by Gasteiger charge is 2.57. The Labute approximate surface area is 129 Å². The van der Waals surface area contributed by atoms with E-state index in [1.807, 2.05) is 0 Å². The molecule has 23 heavy (non-hydrogen) atoms. The van der Waals surface area contributed by atoms with Crippen LogP contribution in [0.1, 0.15) is 18.6 Å². The second kappa shape index (κ2) is 5.45. The molecule has 0 radical (unpaired) electrons. The highest BCUT2D eigenvalue weighted by atomic mass is 19.1. The van der Waals surface area contributed by atoms with Crippen molar-refractivity contribution in [3.63, 3.8) is 0 Å². The molecule has 1 saturated carbocycles. The summed E-state index contributed by atoms with van der Waals surface area (Å²) in [4.78, 5) is 24.6. The number of carbonyl (C=O) groups excluding carboxylic acids is 2. The Kier molecular flexibility index (Phi) is 3.59. The zero-order chi connectivity index (χ0) is 16.6. The van der Waals surface area contributed by atoms with E-state index in [1.54, 1.807) is 6.92 Å². The summed E-state index contributed by atoms with van der Waals surface area (Å²) in [5.74, 6) is -2.45. The molecule has 6 nitrogen and oxygen atoms in total. The molecule has 0 atom stereocenters. The van der Waals surface area contributed by atoms with E-state index < -0.39 is 34.6 Å². The minimum absolute atomic E-state index is 0.184. The van der Waals surface area contributed by atoms with Crippen LogP contribution in [0.25, 0.3) is 0 Å². The molecular weight excluding hydrogens is 308 g/mol. The van der Waals surface area contributed by atoms with E-state index in [1.165, 1.54) is 12.1 Å². The fourth-order valence-electron chi connectivity index (χ4n) is 2.19. The van der Waals surface area contributed by atoms with Crippen LogP contribution in [0.15, 0.2) is 28.8 Å². The van der Waals surface area contributed by atoms with Crippen LogP contribution in [0.3, 0.4) is 0 Å². The Bertz CT molecular complexity index is 764. The lowest BCUT2D eigenvalue weighted by molar-refractivity contribution is -0.131. The van der Waals surface area contributed by atoms with Crippen molar-refractivity contribution in [3.05, 3.63) is 41.7 Å². The maximum Gasteiger partial charge on any atom is 0.241 e. The standard InChI is InChI=1S/C15H13F2N3O3/c1-8-7-11(20-23-8)18-13(21)15(5-6-15)14(22)19-12-9(16)3-2-4-10(12)17/h2-4,7H,5-6H2,1H3,(H,19,22)(H,18,20,21). The van der Waals surface area contributed by atoms with Gasteiger partial charge in [0.25, 0.3) is 0 Å². The molecule has 0 aliphatic heterocycles. The van der Waals surface area contributed by atoms with Crippen molar-refractivity contribution < 1.29 is 22.9 Å². The van der Waals surface area contributed by atoms with Gasteiger partial charge in [-0.05, 0) is 31.9 Å². The number of hydrogen-bond acceptors (Lipinski definition) is 4. The number of nitrogens with zero attached hydrogens (tertiary/aromatic N) is 1. The van der Waals surface area contributed by atoms with Gasteiger partial charge in [0.05, 0.1) is 0 Å². The molecule has 1 fully saturated rings. The van der Waals surface area contributed by atoms with Gasteiger partial charge in [-0.25, -0.2) is 8.78 Å². The second-order valence-corrected chi connectivity index (χ2v) is 5.41. The van der Waals surface area contributed by atoms with Gasteiger partial charge in [0.15, 0.2) is 5.82 Å². The van der Waals surface area contributed by atoms with Crippen molar-refractivity contribution in [2.24, 2.45) is 5.41 Å². The average Bonchev–Trinajstić information content (AvgIpc) is 3.22. The highest BCUT2D eigenvalue weighted by Crippen LogP contribution is 2.47. The molecule has 0 spiro atoms. The lowest BCUT2D eigenvalue weighted by Crippen LogP contribution is -2.36. The Morgan fingerprint density at radius 1 is 1.17 bits per heavy atom. The van der Waals surface area contributed by atoms with Crippen molar-refractivity contribution in [3.8, 4) is 0 Å². The van der Waals surface area contributed by atoms with Crippen molar-refractivity contribution >= 4 is 23.3 Å². The van der Waals surface area contributed by atoms with Gasteiger partial charge in [-0.15, -0.1) is 0 Å². The highest BCUT2D eigenvalue weighted by molar-refractivity contribution is 6.16. The van der Waals surface area contributed by atoms with Gasteiger partial charge in [-0.3, -0.25) is 9.59 Å². The predicted molar refractivity (Wildman–Crippen MR) is 76.5 cm³/mol. The predicted octanol–water partition coefficient (Wildman–Crippen LogP) is 2.62. The zero-order valence-electron chi connectivity index (χ0n) is 12.2. The normalized spacial score (nSPS) is 15.1. The van der Waals surface area contributed by atoms with E-state index in [9.17, 15) is 18.4 Å². The number of anilines is 2. The minimum Gasteiger partial charge on any atom is -0.360 e. The molecule has 0 unspecified atom stereocenters. The Morgan fingerprint density at radius 3 is 2.30 bits per heavy atom. The number of halogens is 2. The van der Waals surface area contributed by atoms with Crippen molar-refractivity contribution in [1.29, 1.82) is 0 Å². The first-order valence-corrected chi connectivity index (χ1v) is 6.92. The summed E-state index contributed by atoms with van der Waals surface area (Å²) < 4.78 is 32.0. The third-order valence-electron chi connectivity index (χ3n) is 3.69. The van der Waals surface area contributed by atoms with Gasteiger partial charge in [0, 0.05) is 6.07 Å². The van der Waals surface area contributed by atoms with E-state index in [0.717, 1.165) is 12.1 Å². The summed E-state index contributed by atoms with van der Waals surface area (Å²) in [7, 11) is 0. The summed E-state index contributed by atoms with van der Waals surface area (Å²) >= 11 is 0.